The second-order valence-corrected chi connectivity index (χ2v) is 9.37. The molecule has 1 aliphatic rings. The first kappa shape index (κ1) is 23.3. The summed E-state index contributed by atoms with van der Waals surface area (Å²) >= 11 is 1.45. The van der Waals surface area contributed by atoms with E-state index in [9.17, 15) is 5.11 Å². The van der Waals surface area contributed by atoms with Gasteiger partial charge in [0.2, 0.25) is 16.6 Å². The van der Waals surface area contributed by atoms with Crippen LogP contribution in [-0.2, 0) is 0 Å². The van der Waals surface area contributed by atoms with Crippen LogP contribution in [-0.4, -0.2) is 72.1 Å². The van der Waals surface area contributed by atoms with Crippen LogP contribution in [0.15, 0.2) is 42.5 Å². The van der Waals surface area contributed by atoms with Crippen LogP contribution >= 0.6 is 11.3 Å². The monoisotopic (exact) mass is 495 g/mol. The highest BCUT2D eigenvalue weighted by Crippen LogP contribution is 2.45. The van der Waals surface area contributed by atoms with Crippen molar-refractivity contribution < 1.29 is 19.3 Å². The Hall–Kier alpha value is -3.50. The van der Waals surface area contributed by atoms with Crippen molar-refractivity contribution in [1.29, 1.82) is 0 Å². The standard InChI is InChI=1S/C25H29N5O4S/c1-16-26-25-30(27-16)24(31)23(35-25)21(17-14-19(32-2)22(34-4)20(15-17)33-3)29-12-10-28(11-13-29)18-8-6-5-7-9-18/h5-9,14-15,21,31H,10-13H2,1-4H3/t21-/m0/s1. The van der Waals surface area contributed by atoms with E-state index in [0.29, 0.717) is 28.0 Å². The lowest BCUT2D eigenvalue weighted by Crippen LogP contribution is -2.47. The quantitative estimate of drug-likeness (QED) is 0.415. The number of para-hydroxylation sites is 1. The maximum atomic E-state index is 11.2. The van der Waals surface area contributed by atoms with E-state index in [2.05, 4.69) is 44.1 Å². The molecule has 1 aliphatic heterocycles. The average Bonchev–Trinajstić information content (AvgIpc) is 3.41. The number of hydrogen-bond donors (Lipinski definition) is 1. The Bertz CT molecular complexity index is 1290. The van der Waals surface area contributed by atoms with Crippen LogP contribution in [0.1, 0.15) is 22.3 Å². The van der Waals surface area contributed by atoms with E-state index in [1.807, 2.05) is 25.1 Å². The zero-order valence-electron chi connectivity index (χ0n) is 20.3. The van der Waals surface area contributed by atoms with Crippen LogP contribution < -0.4 is 19.1 Å². The molecular formula is C25H29N5O4S. The predicted molar refractivity (Wildman–Crippen MR) is 135 cm³/mol. The number of piperazine rings is 1. The van der Waals surface area contributed by atoms with Gasteiger partial charge < -0.3 is 24.2 Å². The first-order valence-corrected chi connectivity index (χ1v) is 12.2. The number of nitrogens with zero attached hydrogens (tertiary/aromatic N) is 5. The Kier molecular flexibility index (Phi) is 6.40. The van der Waals surface area contributed by atoms with Gasteiger partial charge in [-0.2, -0.15) is 4.52 Å². The highest BCUT2D eigenvalue weighted by Gasteiger charge is 2.33. The molecule has 1 saturated heterocycles. The second-order valence-electron chi connectivity index (χ2n) is 8.36. The molecule has 0 saturated carbocycles. The number of thiazole rings is 1. The molecule has 0 unspecified atom stereocenters. The first-order valence-electron chi connectivity index (χ1n) is 11.4. The maximum absolute atomic E-state index is 11.2. The van der Waals surface area contributed by atoms with Gasteiger partial charge in [-0.25, -0.2) is 4.98 Å². The molecule has 4 aromatic rings. The van der Waals surface area contributed by atoms with E-state index in [1.54, 1.807) is 21.3 Å². The molecule has 2 aromatic heterocycles. The maximum Gasteiger partial charge on any atom is 0.230 e. The number of rotatable bonds is 7. The molecule has 0 spiro atoms. The smallest absolute Gasteiger partial charge is 0.230 e. The highest BCUT2D eigenvalue weighted by molar-refractivity contribution is 7.17. The van der Waals surface area contributed by atoms with Crippen LogP contribution in [0.25, 0.3) is 4.96 Å². The molecule has 1 atom stereocenters. The summed E-state index contributed by atoms with van der Waals surface area (Å²) in [6.07, 6.45) is 0. The molecule has 35 heavy (non-hydrogen) atoms. The van der Waals surface area contributed by atoms with Gasteiger partial charge in [0.25, 0.3) is 0 Å². The number of methoxy groups -OCH3 is 3. The van der Waals surface area contributed by atoms with Crippen LogP contribution in [0.3, 0.4) is 0 Å². The summed E-state index contributed by atoms with van der Waals surface area (Å²) in [5, 5.41) is 15.6. The number of benzene rings is 2. The average molecular weight is 496 g/mol. The van der Waals surface area contributed by atoms with Gasteiger partial charge >= 0.3 is 0 Å². The third-order valence-electron chi connectivity index (χ3n) is 6.36. The van der Waals surface area contributed by atoms with E-state index in [-0.39, 0.29) is 11.9 Å². The third kappa shape index (κ3) is 4.23. The fourth-order valence-electron chi connectivity index (χ4n) is 4.69. The van der Waals surface area contributed by atoms with Crippen LogP contribution in [0.4, 0.5) is 5.69 Å². The number of anilines is 1. The van der Waals surface area contributed by atoms with E-state index in [1.165, 1.54) is 21.5 Å². The number of ether oxygens (including phenoxy) is 3. The lowest BCUT2D eigenvalue weighted by molar-refractivity contribution is 0.210. The molecule has 0 bridgehead atoms. The molecule has 9 nitrogen and oxygen atoms in total. The molecule has 0 aliphatic carbocycles. The number of fused-ring (bicyclic) bond motifs is 1. The van der Waals surface area contributed by atoms with E-state index in [4.69, 9.17) is 14.2 Å². The molecule has 0 amide bonds. The van der Waals surface area contributed by atoms with Gasteiger partial charge in [-0.05, 0) is 36.8 Å². The van der Waals surface area contributed by atoms with Gasteiger partial charge in [-0.15, -0.1) is 5.10 Å². The van der Waals surface area contributed by atoms with Crippen LogP contribution in [0.5, 0.6) is 23.1 Å². The largest absolute Gasteiger partial charge is 0.493 e. The Labute approximate surface area is 208 Å². The Morgan fingerprint density at radius 1 is 0.943 bits per heavy atom. The van der Waals surface area contributed by atoms with Crippen molar-refractivity contribution in [2.75, 3.05) is 52.4 Å². The van der Waals surface area contributed by atoms with E-state index < -0.39 is 0 Å². The second kappa shape index (κ2) is 9.63. The summed E-state index contributed by atoms with van der Waals surface area (Å²) in [5.41, 5.74) is 2.15. The summed E-state index contributed by atoms with van der Waals surface area (Å²) < 4.78 is 18.3. The van der Waals surface area contributed by atoms with Crippen LogP contribution in [0, 0.1) is 6.92 Å². The van der Waals surface area contributed by atoms with Gasteiger partial charge in [0.05, 0.1) is 32.2 Å². The predicted octanol–water partition coefficient (Wildman–Crippen LogP) is 3.74. The minimum atomic E-state index is -0.240. The highest BCUT2D eigenvalue weighted by atomic mass is 32.1. The summed E-state index contributed by atoms with van der Waals surface area (Å²) in [4.78, 5) is 10.7. The fourth-order valence-corrected chi connectivity index (χ4v) is 5.85. The normalized spacial score (nSPS) is 15.4. The molecule has 10 heteroatoms. The molecular weight excluding hydrogens is 466 g/mol. The van der Waals surface area contributed by atoms with E-state index in [0.717, 1.165) is 36.6 Å². The third-order valence-corrected chi connectivity index (χ3v) is 7.43. The van der Waals surface area contributed by atoms with Crippen molar-refractivity contribution in [2.45, 2.75) is 13.0 Å². The Morgan fingerprint density at radius 2 is 1.60 bits per heavy atom. The first-order chi connectivity index (χ1) is 17.0. The van der Waals surface area contributed by atoms with Crippen LogP contribution in [0.2, 0.25) is 0 Å². The molecule has 184 valence electrons. The molecule has 2 aromatic carbocycles. The zero-order chi connectivity index (χ0) is 24.5. The minimum Gasteiger partial charge on any atom is -0.493 e. The van der Waals surface area contributed by atoms with Gasteiger partial charge in [-0.3, -0.25) is 4.90 Å². The number of hydrogen-bond acceptors (Lipinski definition) is 9. The topological polar surface area (TPSA) is 84.6 Å². The fraction of sp³-hybridized carbons (Fsp3) is 0.360. The Morgan fingerprint density at radius 3 is 2.17 bits per heavy atom. The molecule has 3 heterocycles. The molecule has 5 rings (SSSR count). The van der Waals surface area contributed by atoms with Crippen molar-refractivity contribution in [3.8, 4) is 23.1 Å². The lowest BCUT2D eigenvalue weighted by atomic mass is 10.0. The number of aryl methyl sites for hydroxylation is 1. The van der Waals surface area contributed by atoms with Crippen molar-refractivity contribution in [1.82, 2.24) is 19.5 Å². The van der Waals surface area contributed by atoms with Crippen molar-refractivity contribution in [2.24, 2.45) is 0 Å². The minimum absolute atomic E-state index is 0.106. The number of aromatic nitrogens is 3. The van der Waals surface area contributed by atoms with Crippen molar-refractivity contribution in [3.63, 3.8) is 0 Å². The summed E-state index contributed by atoms with van der Waals surface area (Å²) in [6.45, 7) is 5.17. The summed E-state index contributed by atoms with van der Waals surface area (Å²) in [5.74, 6) is 2.41. The van der Waals surface area contributed by atoms with E-state index >= 15 is 0 Å². The van der Waals surface area contributed by atoms with Gasteiger partial charge in [0.1, 0.15) is 5.82 Å². The zero-order valence-corrected chi connectivity index (χ0v) is 21.1. The molecule has 0 radical (unpaired) electrons. The van der Waals surface area contributed by atoms with Crippen molar-refractivity contribution in [3.05, 3.63) is 58.7 Å². The van der Waals surface area contributed by atoms with Gasteiger partial charge in [0, 0.05) is 31.9 Å². The molecule has 1 fully saturated rings. The van der Waals surface area contributed by atoms with Gasteiger partial charge in [0.15, 0.2) is 11.5 Å². The molecule has 1 N–H and O–H groups in total. The number of aromatic hydroxyl groups is 1. The Balaban J connectivity index is 1.56. The summed E-state index contributed by atoms with van der Waals surface area (Å²) in [6, 6.07) is 14.1. The SMILES string of the molecule is COc1cc([C@@H](c2sc3nc(C)nn3c2O)N2CCN(c3ccccc3)CC2)cc(OC)c1OC. The summed E-state index contributed by atoms with van der Waals surface area (Å²) in [7, 11) is 4.81. The van der Waals surface area contributed by atoms with Gasteiger partial charge in [-0.1, -0.05) is 29.5 Å². The lowest BCUT2D eigenvalue weighted by Gasteiger charge is -2.40. The van der Waals surface area contributed by atoms with Crippen molar-refractivity contribution >= 4 is 22.0 Å².